The van der Waals surface area contributed by atoms with Gasteiger partial charge in [0.1, 0.15) is 5.41 Å². The standard InChI is InChI=1S/C18H30Br2N2O3/c1-3-18(4-2)15(23)21(13-9-5-7-11-19)17(25)22(16(18)24)14-10-6-8-12-20/h3-14H2,1-2H3. The Kier molecular flexibility index (Phi) is 10.2. The van der Waals surface area contributed by atoms with Gasteiger partial charge in [-0.05, 0) is 38.5 Å². The van der Waals surface area contributed by atoms with Crippen molar-refractivity contribution in [3.63, 3.8) is 0 Å². The minimum atomic E-state index is -1.07. The average Bonchev–Trinajstić information content (AvgIpc) is 2.61. The molecule has 0 aliphatic carbocycles. The molecule has 0 bridgehead atoms. The zero-order chi connectivity index (χ0) is 18.9. The largest absolute Gasteiger partial charge is 0.333 e. The number of carbonyl (C=O) groups excluding carboxylic acids is 3. The molecule has 7 heteroatoms. The van der Waals surface area contributed by atoms with Crippen LogP contribution >= 0.6 is 31.9 Å². The molecule has 1 fully saturated rings. The maximum Gasteiger partial charge on any atom is 0.333 e. The summed E-state index contributed by atoms with van der Waals surface area (Å²) in [7, 11) is 0. The highest BCUT2D eigenvalue weighted by molar-refractivity contribution is 9.09. The summed E-state index contributed by atoms with van der Waals surface area (Å²) in [5.41, 5.74) is -1.07. The molecule has 1 aliphatic rings. The van der Waals surface area contributed by atoms with Crippen molar-refractivity contribution in [1.82, 2.24) is 9.80 Å². The number of alkyl halides is 2. The summed E-state index contributed by atoms with van der Waals surface area (Å²) in [5, 5.41) is 1.84. The van der Waals surface area contributed by atoms with E-state index in [4.69, 9.17) is 0 Å². The van der Waals surface area contributed by atoms with Crippen molar-refractivity contribution in [3.05, 3.63) is 0 Å². The molecule has 144 valence electrons. The van der Waals surface area contributed by atoms with Crippen molar-refractivity contribution in [3.8, 4) is 0 Å². The number of unbranched alkanes of at least 4 members (excludes halogenated alkanes) is 4. The third-order valence-electron chi connectivity index (χ3n) is 5.01. The Balaban J connectivity index is 2.93. The predicted molar refractivity (Wildman–Crippen MR) is 107 cm³/mol. The molecular weight excluding hydrogens is 452 g/mol. The number of halogens is 2. The van der Waals surface area contributed by atoms with Crippen molar-refractivity contribution >= 4 is 49.7 Å². The maximum absolute atomic E-state index is 13.0. The van der Waals surface area contributed by atoms with Crippen LogP contribution in [0.4, 0.5) is 4.79 Å². The summed E-state index contributed by atoms with van der Waals surface area (Å²) >= 11 is 6.79. The maximum atomic E-state index is 13.0. The number of imide groups is 2. The lowest BCUT2D eigenvalue weighted by Gasteiger charge is -2.43. The van der Waals surface area contributed by atoms with Gasteiger partial charge in [0.25, 0.3) is 0 Å². The molecule has 1 heterocycles. The molecule has 25 heavy (non-hydrogen) atoms. The summed E-state index contributed by atoms with van der Waals surface area (Å²) in [6.45, 7) is 4.53. The van der Waals surface area contributed by atoms with Crippen molar-refractivity contribution in [2.75, 3.05) is 23.7 Å². The van der Waals surface area contributed by atoms with Gasteiger partial charge < -0.3 is 0 Å². The number of rotatable bonds is 12. The number of barbiturate groups is 1. The second-order valence-corrected chi connectivity index (χ2v) is 8.07. The highest BCUT2D eigenvalue weighted by Crippen LogP contribution is 2.36. The normalized spacial score (nSPS) is 17.5. The lowest BCUT2D eigenvalue weighted by atomic mass is 9.78. The van der Waals surface area contributed by atoms with Crippen LogP contribution in [0.1, 0.15) is 65.2 Å². The molecule has 0 spiro atoms. The second-order valence-electron chi connectivity index (χ2n) is 6.48. The van der Waals surface area contributed by atoms with Gasteiger partial charge in [0.05, 0.1) is 0 Å². The van der Waals surface area contributed by atoms with Crippen LogP contribution in [0, 0.1) is 5.41 Å². The topological polar surface area (TPSA) is 57.7 Å². The van der Waals surface area contributed by atoms with Gasteiger partial charge >= 0.3 is 6.03 Å². The first kappa shape index (κ1) is 22.6. The minimum Gasteiger partial charge on any atom is -0.273 e. The highest BCUT2D eigenvalue weighted by atomic mass is 79.9. The van der Waals surface area contributed by atoms with Crippen LogP contribution in [0.3, 0.4) is 0 Å². The van der Waals surface area contributed by atoms with E-state index >= 15 is 0 Å². The average molecular weight is 482 g/mol. The van der Waals surface area contributed by atoms with E-state index < -0.39 is 11.4 Å². The Morgan fingerprint density at radius 2 is 1.12 bits per heavy atom. The molecule has 0 saturated carbocycles. The fourth-order valence-electron chi connectivity index (χ4n) is 3.26. The molecular formula is C18H30Br2N2O3. The Hall–Kier alpha value is -0.430. The van der Waals surface area contributed by atoms with Crippen molar-refractivity contribution in [2.45, 2.75) is 65.2 Å². The summed E-state index contributed by atoms with van der Waals surface area (Å²) in [6.07, 6.45) is 6.35. The van der Waals surface area contributed by atoms with E-state index in [-0.39, 0.29) is 11.8 Å². The van der Waals surface area contributed by atoms with Crippen LogP contribution in [0.25, 0.3) is 0 Å². The first-order valence-corrected chi connectivity index (χ1v) is 11.5. The number of hydrogen-bond donors (Lipinski definition) is 0. The van der Waals surface area contributed by atoms with Crippen molar-refractivity contribution in [2.24, 2.45) is 5.41 Å². The molecule has 1 saturated heterocycles. The van der Waals surface area contributed by atoms with Gasteiger partial charge in [-0.15, -0.1) is 0 Å². The summed E-state index contributed by atoms with van der Waals surface area (Å²) in [6, 6.07) is -0.426. The zero-order valence-corrected chi connectivity index (χ0v) is 18.5. The molecule has 0 atom stereocenters. The molecule has 0 unspecified atom stereocenters. The van der Waals surface area contributed by atoms with E-state index in [1.807, 2.05) is 13.8 Å². The molecule has 0 aromatic carbocycles. The van der Waals surface area contributed by atoms with E-state index in [2.05, 4.69) is 31.9 Å². The van der Waals surface area contributed by atoms with E-state index in [1.54, 1.807) is 0 Å². The van der Waals surface area contributed by atoms with Crippen LogP contribution in [0.2, 0.25) is 0 Å². The summed E-state index contributed by atoms with van der Waals surface area (Å²) < 4.78 is 0. The molecule has 0 aromatic heterocycles. The third-order valence-corrected chi connectivity index (χ3v) is 6.13. The molecule has 0 aromatic rings. The van der Waals surface area contributed by atoms with Gasteiger partial charge in [-0.1, -0.05) is 58.5 Å². The van der Waals surface area contributed by atoms with Crippen molar-refractivity contribution in [1.29, 1.82) is 0 Å². The fourth-order valence-corrected chi connectivity index (χ4v) is 4.05. The predicted octanol–water partition coefficient (Wildman–Crippen LogP) is 4.71. The smallest absolute Gasteiger partial charge is 0.273 e. The molecule has 5 nitrogen and oxygen atoms in total. The number of carbonyl (C=O) groups is 3. The number of amides is 4. The Labute approximate surface area is 168 Å². The van der Waals surface area contributed by atoms with Crippen LogP contribution in [0.5, 0.6) is 0 Å². The molecule has 1 rings (SSSR count). The van der Waals surface area contributed by atoms with Gasteiger partial charge in [0.15, 0.2) is 0 Å². The summed E-state index contributed by atoms with van der Waals surface area (Å²) in [5.74, 6) is -0.605. The van der Waals surface area contributed by atoms with Crippen LogP contribution in [0.15, 0.2) is 0 Å². The zero-order valence-electron chi connectivity index (χ0n) is 15.4. The number of urea groups is 1. The van der Waals surface area contributed by atoms with Crippen LogP contribution < -0.4 is 0 Å². The summed E-state index contributed by atoms with van der Waals surface area (Å²) in [4.78, 5) is 41.4. The van der Waals surface area contributed by atoms with Gasteiger partial charge in [-0.3, -0.25) is 19.4 Å². The van der Waals surface area contributed by atoms with Crippen LogP contribution in [-0.2, 0) is 9.59 Å². The van der Waals surface area contributed by atoms with Crippen LogP contribution in [-0.4, -0.2) is 51.4 Å². The van der Waals surface area contributed by atoms with Gasteiger partial charge in [0.2, 0.25) is 11.8 Å². The Bertz CT molecular complexity index is 431. The molecule has 0 N–H and O–H groups in total. The SMILES string of the molecule is CCC1(CC)C(=O)N(CCCCCBr)C(=O)N(CCCCCBr)C1=O. The lowest BCUT2D eigenvalue weighted by Crippen LogP contribution is -2.65. The van der Waals surface area contributed by atoms with E-state index in [9.17, 15) is 14.4 Å². The highest BCUT2D eigenvalue weighted by Gasteiger charge is 2.54. The molecule has 0 radical (unpaired) electrons. The van der Waals surface area contributed by atoms with E-state index in [0.717, 1.165) is 49.2 Å². The van der Waals surface area contributed by atoms with Gasteiger partial charge in [-0.2, -0.15) is 0 Å². The first-order valence-electron chi connectivity index (χ1n) is 9.30. The molecule has 1 aliphatic heterocycles. The number of nitrogens with zero attached hydrogens (tertiary/aromatic N) is 2. The minimum absolute atomic E-state index is 0.303. The molecule has 4 amide bonds. The quantitative estimate of drug-likeness (QED) is 0.230. The van der Waals surface area contributed by atoms with Gasteiger partial charge in [-0.25, -0.2) is 4.79 Å². The Morgan fingerprint density at radius 3 is 1.44 bits per heavy atom. The second kappa shape index (κ2) is 11.3. The monoisotopic (exact) mass is 480 g/mol. The van der Waals surface area contributed by atoms with E-state index in [0.29, 0.717) is 25.9 Å². The van der Waals surface area contributed by atoms with Crippen molar-refractivity contribution < 1.29 is 14.4 Å². The first-order chi connectivity index (χ1) is 12.0. The lowest BCUT2D eigenvalue weighted by molar-refractivity contribution is -0.159. The van der Waals surface area contributed by atoms with Gasteiger partial charge in [0, 0.05) is 23.7 Å². The number of hydrogen-bond acceptors (Lipinski definition) is 3. The Morgan fingerprint density at radius 1 is 0.720 bits per heavy atom. The fraction of sp³-hybridized carbons (Fsp3) is 0.833. The third kappa shape index (κ3) is 5.28. The van der Waals surface area contributed by atoms with E-state index in [1.165, 1.54) is 9.80 Å².